The van der Waals surface area contributed by atoms with E-state index in [1.54, 1.807) is 25.1 Å². The fraction of sp³-hybridized carbons (Fsp3) is 0.133. The SMILES string of the molecule is Cc1ccccc1NC(=O)c1cc([N+](=O)[O-])cc(C)c1F. The highest BCUT2D eigenvalue weighted by Crippen LogP contribution is 2.22. The van der Waals surface area contributed by atoms with Crippen molar-refractivity contribution in [2.75, 3.05) is 5.32 Å². The molecule has 0 aliphatic rings. The van der Waals surface area contributed by atoms with Crippen molar-refractivity contribution in [3.8, 4) is 0 Å². The number of nitro benzene ring substituents is 1. The standard InChI is InChI=1S/C15H13FN2O3/c1-9-5-3-4-6-13(9)17-15(19)12-8-11(18(20)21)7-10(2)14(12)16/h3-8H,1-2H3,(H,17,19). The number of carbonyl (C=O) groups excluding carboxylic acids is 1. The molecule has 0 spiro atoms. The first-order valence-electron chi connectivity index (χ1n) is 6.21. The maximum Gasteiger partial charge on any atom is 0.270 e. The van der Waals surface area contributed by atoms with Crippen LogP contribution in [0.1, 0.15) is 21.5 Å². The van der Waals surface area contributed by atoms with E-state index in [0.29, 0.717) is 5.69 Å². The highest BCUT2D eigenvalue weighted by Gasteiger charge is 2.20. The van der Waals surface area contributed by atoms with Crippen molar-refractivity contribution in [2.24, 2.45) is 0 Å². The van der Waals surface area contributed by atoms with E-state index in [9.17, 15) is 19.3 Å². The summed E-state index contributed by atoms with van der Waals surface area (Å²) in [5.74, 6) is -1.47. The number of nitrogens with zero attached hydrogens (tertiary/aromatic N) is 1. The number of para-hydroxylation sites is 1. The third-order valence-electron chi connectivity index (χ3n) is 3.09. The number of hydrogen-bond acceptors (Lipinski definition) is 3. The van der Waals surface area contributed by atoms with Gasteiger partial charge in [-0.3, -0.25) is 14.9 Å². The van der Waals surface area contributed by atoms with Crippen LogP contribution in [0.2, 0.25) is 0 Å². The van der Waals surface area contributed by atoms with Crippen LogP contribution in [0.15, 0.2) is 36.4 Å². The Hall–Kier alpha value is -2.76. The molecule has 6 heteroatoms. The van der Waals surface area contributed by atoms with Crippen LogP contribution >= 0.6 is 0 Å². The minimum atomic E-state index is -0.758. The molecule has 0 radical (unpaired) electrons. The van der Waals surface area contributed by atoms with E-state index in [4.69, 9.17) is 0 Å². The summed E-state index contributed by atoms with van der Waals surface area (Å²) in [4.78, 5) is 22.3. The number of nitrogens with one attached hydrogen (secondary N) is 1. The highest BCUT2D eigenvalue weighted by atomic mass is 19.1. The summed E-state index contributed by atoms with van der Waals surface area (Å²) in [6, 6.07) is 9.05. The summed E-state index contributed by atoms with van der Waals surface area (Å²) >= 11 is 0. The first-order valence-corrected chi connectivity index (χ1v) is 6.21. The van der Waals surface area contributed by atoms with Crippen molar-refractivity contribution in [1.29, 1.82) is 0 Å². The van der Waals surface area contributed by atoms with Gasteiger partial charge in [0, 0.05) is 17.8 Å². The summed E-state index contributed by atoms with van der Waals surface area (Å²) in [5.41, 5.74) is 0.743. The normalized spacial score (nSPS) is 10.2. The topological polar surface area (TPSA) is 72.2 Å². The van der Waals surface area contributed by atoms with E-state index in [-0.39, 0.29) is 16.8 Å². The zero-order valence-corrected chi connectivity index (χ0v) is 11.5. The minimum Gasteiger partial charge on any atom is -0.322 e. The molecule has 21 heavy (non-hydrogen) atoms. The second-order valence-corrected chi connectivity index (χ2v) is 4.65. The average molecular weight is 288 g/mol. The first-order chi connectivity index (χ1) is 9.90. The number of anilines is 1. The number of halogens is 1. The van der Waals surface area contributed by atoms with Crippen LogP contribution in [0.3, 0.4) is 0 Å². The van der Waals surface area contributed by atoms with Crippen LogP contribution in [0, 0.1) is 29.8 Å². The Kier molecular flexibility index (Phi) is 3.98. The minimum absolute atomic E-state index is 0.0548. The first kappa shape index (κ1) is 14.6. The molecule has 1 amide bonds. The van der Waals surface area contributed by atoms with Crippen LogP contribution in [0.5, 0.6) is 0 Å². The molecule has 0 heterocycles. The predicted molar refractivity (Wildman–Crippen MR) is 76.9 cm³/mol. The monoisotopic (exact) mass is 288 g/mol. The molecule has 0 saturated heterocycles. The summed E-state index contributed by atoms with van der Waals surface area (Å²) in [5, 5.41) is 13.4. The summed E-state index contributed by atoms with van der Waals surface area (Å²) in [7, 11) is 0. The number of carbonyl (C=O) groups is 1. The smallest absolute Gasteiger partial charge is 0.270 e. The molecule has 0 atom stereocenters. The molecule has 0 fully saturated rings. The molecule has 1 N–H and O–H groups in total. The molecule has 0 aromatic heterocycles. The lowest BCUT2D eigenvalue weighted by Crippen LogP contribution is -2.15. The van der Waals surface area contributed by atoms with Gasteiger partial charge in [0.1, 0.15) is 5.82 Å². The number of non-ortho nitro benzene ring substituents is 1. The fourth-order valence-electron chi connectivity index (χ4n) is 1.92. The van der Waals surface area contributed by atoms with E-state index < -0.39 is 16.6 Å². The number of hydrogen-bond donors (Lipinski definition) is 1. The Labute approximate surface area is 120 Å². The molecule has 108 valence electrons. The van der Waals surface area contributed by atoms with Gasteiger partial charge in [-0.25, -0.2) is 4.39 Å². The van der Waals surface area contributed by atoms with Gasteiger partial charge in [0.05, 0.1) is 10.5 Å². The van der Waals surface area contributed by atoms with Crippen molar-refractivity contribution < 1.29 is 14.1 Å². The Morgan fingerprint density at radius 3 is 2.48 bits per heavy atom. The van der Waals surface area contributed by atoms with Crippen molar-refractivity contribution in [2.45, 2.75) is 13.8 Å². The van der Waals surface area contributed by atoms with Gasteiger partial charge in [-0.15, -0.1) is 0 Å². The van der Waals surface area contributed by atoms with Gasteiger partial charge in [-0.2, -0.15) is 0 Å². The molecule has 2 aromatic carbocycles. The largest absolute Gasteiger partial charge is 0.322 e. The zero-order chi connectivity index (χ0) is 15.6. The molecule has 0 aliphatic heterocycles. The molecule has 0 saturated carbocycles. The van der Waals surface area contributed by atoms with Crippen LogP contribution in [-0.2, 0) is 0 Å². The fourth-order valence-corrected chi connectivity index (χ4v) is 1.92. The van der Waals surface area contributed by atoms with Crippen molar-refractivity contribution >= 4 is 17.3 Å². The van der Waals surface area contributed by atoms with E-state index in [1.807, 2.05) is 6.07 Å². The van der Waals surface area contributed by atoms with Crippen molar-refractivity contribution in [3.63, 3.8) is 0 Å². The summed E-state index contributed by atoms with van der Waals surface area (Å²) in [6.07, 6.45) is 0. The van der Waals surface area contributed by atoms with Crippen LogP contribution in [0.25, 0.3) is 0 Å². The van der Waals surface area contributed by atoms with Gasteiger partial charge >= 0.3 is 0 Å². The number of amides is 1. The summed E-state index contributed by atoms with van der Waals surface area (Å²) < 4.78 is 14.0. The number of aryl methyl sites for hydroxylation is 2. The van der Waals surface area contributed by atoms with E-state index in [0.717, 1.165) is 17.7 Å². The van der Waals surface area contributed by atoms with E-state index >= 15 is 0 Å². The number of benzene rings is 2. The van der Waals surface area contributed by atoms with Gasteiger partial charge in [-0.05, 0) is 31.0 Å². The third kappa shape index (κ3) is 3.05. The maximum atomic E-state index is 14.0. The molecule has 2 aromatic rings. The highest BCUT2D eigenvalue weighted by molar-refractivity contribution is 6.05. The lowest BCUT2D eigenvalue weighted by molar-refractivity contribution is -0.385. The van der Waals surface area contributed by atoms with Gasteiger partial charge in [0.2, 0.25) is 0 Å². The second kappa shape index (κ2) is 5.70. The van der Waals surface area contributed by atoms with Crippen molar-refractivity contribution in [1.82, 2.24) is 0 Å². The van der Waals surface area contributed by atoms with E-state index in [2.05, 4.69) is 5.32 Å². The Bertz CT molecular complexity index is 729. The molecule has 2 rings (SSSR count). The van der Waals surface area contributed by atoms with Crippen LogP contribution in [-0.4, -0.2) is 10.8 Å². The third-order valence-corrected chi connectivity index (χ3v) is 3.09. The zero-order valence-electron chi connectivity index (χ0n) is 11.5. The average Bonchev–Trinajstić information content (AvgIpc) is 2.43. The summed E-state index contributed by atoms with van der Waals surface area (Å²) in [6.45, 7) is 3.18. The van der Waals surface area contributed by atoms with Gasteiger partial charge in [0.25, 0.3) is 11.6 Å². The lowest BCUT2D eigenvalue weighted by Gasteiger charge is -2.09. The quantitative estimate of drug-likeness (QED) is 0.692. The second-order valence-electron chi connectivity index (χ2n) is 4.65. The van der Waals surface area contributed by atoms with Crippen molar-refractivity contribution in [3.05, 3.63) is 69.0 Å². The molecular weight excluding hydrogens is 275 g/mol. The van der Waals surface area contributed by atoms with E-state index in [1.165, 1.54) is 6.92 Å². The molecular formula is C15H13FN2O3. The Balaban J connectivity index is 2.39. The number of rotatable bonds is 3. The molecule has 0 aliphatic carbocycles. The lowest BCUT2D eigenvalue weighted by atomic mass is 10.1. The van der Waals surface area contributed by atoms with Crippen LogP contribution in [0.4, 0.5) is 15.8 Å². The van der Waals surface area contributed by atoms with Gasteiger partial charge in [-0.1, -0.05) is 18.2 Å². The number of nitro groups is 1. The Morgan fingerprint density at radius 1 is 1.19 bits per heavy atom. The van der Waals surface area contributed by atoms with Crippen LogP contribution < -0.4 is 5.32 Å². The molecule has 5 nitrogen and oxygen atoms in total. The van der Waals surface area contributed by atoms with Gasteiger partial charge in [0.15, 0.2) is 0 Å². The maximum absolute atomic E-state index is 14.0. The predicted octanol–water partition coefficient (Wildman–Crippen LogP) is 3.60. The molecule has 0 unspecified atom stereocenters. The van der Waals surface area contributed by atoms with Gasteiger partial charge < -0.3 is 5.32 Å². The molecule has 0 bridgehead atoms. The Morgan fingerprint density at radius 2 is 1.86 bits per heavy atom.